The molecular weight excluding hydrogens is 729 g/mol. The summed E-state index contributed by atoms with van der Waals surface area (Å²) in [5.74, 6) is 0. The van der Waals surface area contributed by atoms with Crippen LogP contribution < -0.4 is 0 Å². The Bertz CT molecular complexity index is 1730. The second-order valence-corrected chi connectivity index (χ2v) is 17.0. The molecule has 4 aromatic carbocycles. The molecule has 6 nitrogen and oxygen atoms in total. The average Bonchev–Trinajstić information content (AvgIpc) is 3.11. The van der Waals surface area contributed by atoms with Gasteiger partial charge in [0.1, 0.15) is 20.2 Å². The van der Waals surface area contributed by atoms with Crippen LogP contribution in [0.4, 0.5) is 0 Å². The topological polar surface area (TPSA) is 114 Å². The predicted octanol–water partition coefficient (Wildman–Crippen LogP) is 11.6. The number of fused-ring (bicyclic) bond motifs is 2. The Kier molecular flexibility index (Phi) is 22.4. The van der Waals surface area contributed by atoms with E-state index < -0.39 is 20.2 Å². The Morgan fingerprint density at radius 2 is 0.679 bits per heavy atom. The number of hydrogen-bond donors (Lipinski definition) is 0. The van der Waals surface area contributed by atoms with Crippen molar-refractivity contribution in [2.75, 3.05) is 0 Å². The zero-order chi connectivity index (χ0) is 38.0. The van der Waals surface area contributed by atoms with E-state index in [1.807, 2.05) is 24.3 Å². The van der Waals surface area contributed by atoms with Crippen LogP contribution in [-0.4, -0.2) is 63.7 Å². The summed E-state index contributed by atoms with van der Waals surface area (Å²) in [6.07, 6.45) is 22.5. The van der Waals surface area contributed by atoms with E-state index in [4.69, 9.17) is 0 Å². The number of unbranched alkanes of at least 4 members (excludes halogenated alkanes) is 12. The van der Waals surface area contributed by atoms with E-state index in [0.717, 1.165) is 62.1 Å². The molecule has 4 rings (SSSR count). The van der Waals surface area contributed by atoms with Crippen LogP contribution in [0.25, 0.3) is 21.5 Å². The van der Waals surface area contributed by atoms with Crippen molar-refractivity contribution in [2.24, 2.45) is 0 Å². The maximum absolute atomic E-state index is 11.7. The summed E-state index contributed by atoms with van der Waals surface area (Å²) in [4.78, 5) is -0.166. The Balaban J connectivity index is 0.000000360. The molecule has 0 aromatic heterocycles. The van der Waals surface area contributed by atoms with Gasteiger partial charge < -0.3 is 9.11 Å². The van der Waals surface area contributed by atoms with Crippen molar-refractivity contribution in [1.29, 1.82) is 0 Å². The van der Waals surface area contributed by atoms with Gasteiger partial charge in [0.25, 0.3) is 0 Å². The smallest absolute Gasteiger partial charge is 0.744 e. The third kappa shape index (κ3) is 15.2. The first kappa shape index (κ1) is 47.6. The molecule has 4 aromatic rings. The van der Waals surface area contributed by atoms with Gasteiger partial charge in [-0.2, -0.15) is 0 Å². The van der Waals surface area contributed by atoms with E-state index in [1.165, 1.54) is 111 Å². The van der Waals surface area contributed by atoms with Gasteiger partial charge in [-0.15, -0.1) is 0 Å². The van der Waals surface area contributed by atoms with Crippen LogP contribution in [0.2, 0.25) is 0 Å². The van der Waals surface area contributed by atoms with Crippen LogP contribution >= 0.6 is 0 Å². The Labute approximate surface area is 351 Å². The van der Waals surface area contributed by atoms with Crippen molar-refractivity contribution in [3.8, 4) is 0 Å². The maximum atomic E-state index is 11.7. The molecule has 9 heteroatoms. The third-order valence-electron chi connectivity index (χ3n) is 10.1. The monoisotopic (exact) mass is 790 g/mol. The van der Waals surface area contributed by atoms with Gasteiger partial charge in [0.2, 0.25) is 0 Å². The molecule has 0 amide bonds. The zero-order valence-electron chi connectivity index (χ0n) is 32.9. The van der Waals surface area contributed by atoms with Crippen LogP contribution in [0.3, 0.4) is 0 Å². The fraction of sp³-hybridized carbons (Fsp3) is 0.545. The van der Waals surface area contributed by atoms with Crippen molar-refractivity contribution in [3.05, 3.63) is 82.9 Å². The molecule has 0 aliphatic heterocycles. The predicted molar refractivity (Wildman–Crippen MR) is 221 cm³/mol. The Morgan fingerprint density at radius 3 is 0.943 bits per heavy atom. The summed E-state index contributed by atoms with van der Waals surface area (Å²) in [7, 11) is -8.94. The molecule has 0 saturated heterocycles. The van der Waals surface area contributed by atoms with Gasteiger partial charge >= 0.3 is 37.7 Å². The van der Waals surface area contributed by atoms with E-state index in [0.29, 0.717) is 10.8 Å². The molecule has 0 aliphatic carbocycles. The summed E-state index contributed by atoms with van der Waals surface area (Å²) >= 11 is 0. The Morgan fingerprint density at radius 1 is 0.396 bits per heavy atom. The van der Waals surface area contributed by atoms with E-state index in [2.05, 4.69) is 39.8 Å². The summed E-state index contributed by atoms with van der Waals surface area (Å²) in [6, 6.07) is 18.2. The molecule has 0 saturated carbocycles. The minimum Gasteiger partial charge on any atom is -0.744 e. The van der Waals surface area contributed by atoms with E-state index in [-0.39, 0.29) is 47.5 Å². The van der Waals surface area contributed by atoms with Gasteiger partial charge in [-0.3, -0.25) is 0 Å². The molecule has 0 aliphatic rings. The van der Waals surface area contributed by atoms with Gasteiger partial charge in [-0.1, -0.05) is 153 Å². The third-order valence-corrected chi connectivity index (χ3v) is 11.9. The number of hydrogen-bond acceptors (Lipinski definition) is 6. The first-order valence-electron chi connectivity index (χ1n) is 20.0. The molecule has 0 N–H and O–H groups in total. The molecule has 0 spiro atoms. The zero-order valence-corrected chi connectivity index (χ0v) is 36.7. The van der Waals surface area contributed by atoms with Crippen molar-refractivity contribution in [2.45, 2.75) is 166 Å². The fourth-order valence-corrected chi connectivity index (χ4v) is 8.65. The molecule has 0 radical (unpaired) electrons. The summed E-state index contributed by atoms with van der Waals surface area (Å²) in [5, 5.41) is 3.19. The second kappa shape index (κ2) is 24.9. The van der Waals surface area contributed by atoms with Crippen LogP contribution in [0, 0.1) is 0 Å². The van der Waals surface area contributed by atoms with Crippen LogP contribution in [-0.2, 0) is 45.9 Å². The molecule has 0 fully saturated rings. The summed E-state index contributed by atoms with van der Waals surface area (Å²) in [6.45, 7) is 8.77. The van der Waals surface area contributed by atoms with Crippen molar-refractivity contribution >= 4 is 79.5 Å². The molecule has 288 valence electrons. The number of aryl methyl sites for hydroxylation is 4. The van der Waals surface area contributed by atoms with Crippen LogP contribution in [0.15, 0.2) is 70.5 Å². The largest absolute Gasteiger partial charge is 2.00 e. The van der Waals surface area contributed by atoms with Gasteiger partial charge in [-0.25, -0.2) is 16.8 Å². The SMILES string of the molecule is CCCCCCc1cccc2c(S(=O)(=O)[O-])ccc(CCCCCC)c12.CCCCCCc1cccc2c(S(=O)(=O)[O-])ccc(CCCCCC)c12.[Ca+2]. The number of benzene rings is 4. The molecule has 0 atom stereocenters. The van der Waals surface area contributed by atoms with Crippen molar-refractivity contribution in [3.63, 3.8) is 0 Å². The number of rotatable bonds is 22. The first-order valence-corrected chi connectivity index (χ1v) is 22.8. The summed E-state index contributed by atoms with van der Waals surface area (Å²) < 4.78 is 70.3. The van der Waals surface area contributed by atoms with Crippen molar-refractivity contribution in [1.82, 2.24) is 0 Å². The first-order chi connectivity index (χ1) is 25.0. The molecule has 0 unspecified atom stereocenters. The summed E-state index contributed by atoms with van der Waals surface area (Å²) in [5.41, 5.74) is 4.70. The standard InChI is InChI=1S/2C22H32O3S.Ca/c2*1-3-5-7-9-12-18-14-11-15-20-21(26(23,24)25)17-16-19(22(18)20)13-10-8-6-4-2;/h2*11,14-17H,3-10,12-13H2,1-2H3,(H,23,24,25);/q;;+2/p-2. The Hall–Kier alpha value is -1.52. The molecule has 53 heavy (non-hydrogen) atoms. The quantitative estimate of drug-likeness (QED) is 0.0445. The van der Waals surface area contributed by atoms with Crippen LogP contribution in [0.1, 0.15) is 153 Å². The van der Waals surface area contributed by atoms with Crippen LogP contribution in [0.5, 0.6) is 0 Å². The molecule has 0 bridgehead atoms. The second-order valence-electron chi connectivity index (χ2n) is 14.3. The molecular formula is C44H62CaO6S2. The van der Waals surface area contributed by atoms with E-state index in [9.17, 15) is 25.9 Å². The van der Waals surface area contributed by atoms with Gasteiger partial charge in [-0.05, 0) is 107 Å². The maximum Gasteiger partial charge on any atom is 2.00 e. The normalized spacial score (nSPS) is 11.7. The van der Waals surface area contributed by atoms with Gasteiger partial charge in [0, 0.05) is 0 Å². The van der Waals surface area contributed by atoms with Gasteiger partial charge in [0.15, 0.2) is 0 Å². The minimum atomic E-state index is -4.47. The van der Waals surface area contributed by atoms with E-state index >= 15 is 0 Å². The van der Waals surface area contributed by atoms with Crippen molar-refractivity contribution < 1.29 is 25.9 Å². The molecule has 0 heterocycles. The minimum absolute atomic E-state index is 0. The average molecular weight is 791 g/mol. The fourth-order valence-electron chi connectivity index (χ4n) is 7.31. The van der Waals surface area contributed by atoms with E-state index in [1.54, 1.807) is 12.1 Å². The van der Waals surface area contributed by atoms with Gasteiger partial charge in [0.05, 0.1) is 9.79 Å².